The van der Waals surface area contributed by atoms with E-state index >= 15 is 0 Å². The highest BCUT2D eigenvalue weighted by molar-refractivity contribution is 5.93. The molecule has 1 heterocycles. The normalized spacial score (nSPS) is 25.2. The van der Waals surface area contributed by atoms with Crippen molar-refractivity contribution in [2.75, 3.05) is 13.1 Å². The van der Waals surface area contributed by atoms with Crippen molar-refractivity contribution in [1.29, 1.82) is 0 Å². The van der Waals surface area contributed by atoms with Crippen molar-refractivity contribution in [3.05, 3.63) is 47.5 Å². The molecule has 1 aromatic carbocycles. The number of rotatable bonds is 5. The van der Waals surface area contributed by atoms with Crippen LogP contribution in [0.2, 0.25) is 0 Å². The first-order valence-corrected chi connectivity index (χ1v) is 8.15. The van der Waals surface area contributed by atoms with Gasteiger partial charge in [-0.2, -0.15) is 0 Å². The monoisotopic (exact) mass is 300 g/mol. The first kappa shape index (κ1) is 15.3. The Kier molecular flexibility index (Phi) is 4.90. The number of hydrogen-bond donors (Lipinski definition) is 2. The van der Waals surface area contributed by atoms with Gasteiger partial charge < -0.3 is 10.4 Å². The third-order valence-electron chi connectivity index (χ3n) is 4.57. The summed E-state index contributed by atoms with van der Waals surface area (Å²) in [4.78, 5) is 14.4. The molecule has 2 N–H and O–H groups in total. The molecule has 0 radical (unpaired) electrons. The summed E-state index contributed by atoms with van der Waals surface area (Å²) in [7, 11) is 0. The van der Waals surface area contributed by atoms with Crippen molar-refractivity contribution < 1.29 is 9.90 Å². The number of nitrogens with one attached hydrogen (secondary N) is 1. The van der Waals surface area contributed by atoms with Gasteiger partial charge in [-0.1, -0.05) is 36.4 Å². The Morgan fingerprint density at radius 3 is 2.86 bits per heavy atom. The SMILES string of the molecule is O=C(NC[C@@H]1C[C@@H](O)CN1Cc1ccccc1)C1=CCCC1. The fraction of sp³-hybridized carbons (Fsp3) is 0.500. The van der Waals surface area contributed by atoms with E-state index in [1.54, 1.807) is 0 Å². The molecule has 2 aliphatic rings. The van der Waals surface area contributed by atoms with Gasteiger partial charge in [0.2, 0.25) is 5.91 Å². The smallest absolute Gasteiger partial charge is 0.246 e. The standard InChI is InChI=1S/C18H24N2O2/c21-17-10-16(11-19-18(22)15-8-4-5-9-15)20(13-17)12-14-6-2-1-3-7-14/h1-3,6-8,16-17,21H,4-5,9-13H2,(H,19,22)/t16-,17+/m0/s1. The van der Waals surface area contributed by atoms with Gasteiger partial charge in [-0.15, -0.1) is 0 Å². The van der Waals surface area contributed by atoms with Crippen molar-refractivity contribution in [2.45, 2.75) is 44.4 Å². The Morgan fingerprint density at radius 2 is 2.14 bits per heavy atom. The zero-order chi connectivity index (χ0) is 15.4. The Morgan fingerprint density at radius 1 is 1.32 bits per heavy atom. The van der Waals surface area contributed by atoms with Crippen LogP contribution < -0.4 is 5.32 Å². The fourth-order valence-electron chi connectivity index (χ4n) is 3.38. The molecule has 0 unspecified atom stereocenters. The molecule has 1 saturated heterocycles. The topological polar surface area (TPSA) is 52.6 Å². The van der Waals surface area contributed by atoms with E-state index in [0.29, 0.717) is 13.1 Å². The maximum absolute atomic E-state index is 12.1. The Balaban J connectivity index is 1.55. The van der Waals surface area contributed by atoms with Crippen LogP contribution in [0.1, 0.15) is 31.2 Å². The van der Waals surface area contributed by atoms with Gasteiger partial charge >= 0.3 is 0 Å². The van der Waals surface area contributed by atoms with Gasteiger partial charge in [-0.3, -0.25) is 9.69 Å². The summed E-state index contributed by atoms with van der Waals surface area (Å²) in [5.74, 6) is 0.0681. The summed E-state index contributed by atoms with van der Waals surface area (Å²) in [5.41, 5.74) is 2.17. The second kappa shape index (κ2) is 7.07. The molecular formula is C18H24N2O2. The summed E-state index contributed by atoms with van der Waals surface area (Å²) >= 11 is 0. The van der Waals surface area contributed by atoms with E-state index in [2.05, 4.69) is 22.3 Å². The highest BCUT2D eigenvalue weighted by atomic mass is 16.3. The zero-order valence-electron chi connectivity index (χ0n) is 12.9. The number of carbonyl (C=O) groups excluding carboxylic acids is 1. The molecule has 118 valence electrons. The quantitative estimate of drug-likeness (QED) is 0.872. The number of allylic oxidation sites excluding steroid dienone is 1. The molecule has 1 amide bonds. The number of likely N-dealkylation sites (tertiary alicyclic amines) is 1. The maximum Gasteiger partial charge on any atom is 0.246 e. The molecule has 4 nitrogen and oxygen atoms in total. The molecule has 3 rings (SSSR count). The second-order valence-electron chi connectivity index (χ2n) is 6.29. The molecule has 1 fully saturated rings. The van der Waals surface area contributed by atoms with Crippen molar-refractivity contribution in [1.82, 2.24) is 10.2 Å². The number of nitrogens with zero attached hydrogens (tertiary/aromatic N) is 1. The van der Waals surface area contributed by atoms with Crippen LogP contribution in [0.25, 0.3) is 0 Å². The number of aliphatic hydroxyl groups excluding tert-OH is 1. The van der Waals surface area contributed by atoms with Gasteiger partial charge in [-0.05, 0) is 31.2 Å². The molecule has 1 aromatic rings. The Hall–Kier alpha value is -1.65. The molecule has 22 heavy (non-hydrogen) atoms. The third kappa shape index (κ3) is 3.76. The summed E-state index contributed by atoms with van der Waals surface area (Å²) in [6, 6.07) is 10.5. The Labute approximate surface area is 131 Å². The largest absolute Gasteiger partial charge is 0.392 e. The average Bonchev–Trinajstić information content (AvgIpc) is 3.16. The zero-order valence-corrected chi connectivity index (χ0v) is 12.9. The van der Waals surface area contributed by atoms with E-state index in [1.165, 1.54) is 5.56 Å². The summed E-state index contributed by atoms with van der Waals surface area (Å²) in [6.45, 7) is 2.11. The van der Waals surface area contributed by atoms with E-state index in [1.807, 2.05) is 24.3 Å². The number of β-amino-alcohol motifs (C(OH)–C–C–N with tert-alkyl or cyclic N) is 1. The van der Waals surface area contributed by atoms with E-state index in [-0.39, 0.29) is 18.1 Å². The first-order valence-electron chi connectivity index (χ1n) is 8.15. The highest BCUT2D eigenvalue weighted by Gasteiger charge is 2.31. The molecule has 4 heteroatoms. The minimum absolute atomic E-state index is 0.0681. The van der Waals surface area contributed by atoms with Crippen LogP contribution in [0.4, 0.5) is 0 Å². The number of amides is 1. The van der Waals surface area contributed by atoms with Gasteiger partial charge in [-0.25, -0.2) is 0 Å². The van der Waals surface area contributed by atoms with Crippen LogP contribution in [0, 0.1) is 0 Å². The Bertz CT molecular complexity index is 541. The molecule has 0 spiro atoms. The molecular weight excluding hydrogens is 276 g/mol. The number of carbonyl (C=O) groups is 1. The van der Waals surface area contributed by atoms with Crippen molar-refractivity contribution in [3.8, 4) is 0 Å². The second-order valence-corrected chi connectivity index (χ2v) is 6.29. The van der Waals surface area contributed by atoms with Crippen molar-refractivity contribution >= 4 is 5.91 Å². The van der Waals surface area contributed by atoms with Gasteiger partial charge in [0.1, 0.15) is 0 Å². The number of benzene rings is 1. The first-order chi connectivity index (χ1) is 10.7. The molecule has 2 atom stereocenters. The molecule has 1 aliphatic carbocycles. The van der Waals surface area contributed by atoms with E-state index in [9.17, 15) is 9.90 Å². The van der Waals surface area contributed by atoms with Crippen LogP contribution in [0.15, 0.2) is 42.0 Å². The van der Waals surface area contributed by atoms with Gasteiger partial charge in [0, 0.05) is 31.2 Å². The fourth-order valence-corrected chi connectivity index (χ4v) is 3.38. The van der Waals surface area contributed by atoms with Crippen LogP contribution in [-0.2, 0) is 11.3 Å². The van der Waals surface area contributed by atoms with Crippen molar-refractivity contribution in [2.24, 2.45) is 0 Å². The van der Waals surface area contributed by atoms with Gasteiger partial charge in [0.05, 0.1) is 6.10 Å². The third-order valence-corrected chi connectivity index (χ3v) is 4.57. The molecule has 0 aromatic heterocycles. The molecule has 0 saturated carbocycles. The minimum Gasteiger partial charge on any atom is -0.392 e. The van der Waals surface area contributed by atoms with Crippen LogP contribution >= 0.6 is 0 Å². The maximum atomic E-state index is 12.1. The lowest BCUT2D eigenvalue weighted by atomic mass is 10.1. The van der Waals surface area contributed by atoms with Crippen LogP contribution in [0.3, 0.4) is 0 Å². The highest BCUT2D eigenvalue weighted by Crippen LogP contribution is 2.21. The number of aliphatic hydroxyl groups is 1. The minimum atomic E-state index is -0.295. The number of hydrogen-bond acceptors (Lipinski definition) is 3. The van der Waals surface area contributed by atoms with E-state index in [0.717, 1.165) is 37.8 Å². The van der Waals surface area contributed by atoms with E-state index in [4.69, 9.17) is 0 Å². The van der Waals surface area contributed by atoms with Gasteiger partial charge in [0.25, 0.3) is 0 Å². The molecule has 0 bridgehead atoms. The predicted octanol–water partition coefficient (Wildman–Crippen LogP) is 1.85. The predicted molar refractivity (Wildman–Crippen MR) is 86.2 cm³/mol. The lowest BCUT2D eigenvalue weighted by Gasteiger charge is -2.24. The summed E-state index contributed by atoms with van der Waals surface area (Å²) in [6.07, 6.45) is 5.48. The van der Waals surface area contributed by atoms with Gasteiger partial charge in [0.15, 0.2) is 0 Å². The van der Waals surface area contributed by atoms with Crippen LogP contribution in [-0.4, -0.2) is 41.1 Å². The lowest BCUT2D eigenvalue weighted by Crippen LogP contribution is -2.40. The summed E-state index contributed by atoms with van der Waals surface area (Å²) in [5, 5.41) is 13.0. The summed E-state index contributed by atoms with van der Waals surface area (Å²) < 4.78 is 0. The lowest BCUT2D eigenvalue weighted by molar-refractivity contribution is -0.117. The van der Waals surface area contributed by atoms with Crippen molar-refractivity contribution in [3.63, 3.8) is 0 Å². The van der Waals surface area contributed by atoms with Crippen LogP contribution in [0.5, 0.6) is 0 Å². The molecule has 1 aliphatic heterocycles. The van der Waals surface area contributed by atoms with E-state index < -0.39 is 0 Å². The average molecular weight is 300 g/mol.